The van der Waals surface area contributed by atoms with Gasteiger partial charge in [-0.3, -0.25) is 9.78 Å². The molecule has 3 heteroatoms. The van der Waals surface area contributed by atoms with Crippen LogP contribution in [0.2, 0.25) is 0 Å². The molecule has 0 aromatic carbocycles. The minimum absolute atomic E-state index is 0.125. The molecule has 2 unspecified atom stereocenters. The van der Waals surface area contributed by atoms with Gasteiger partial charge in [0.25, 0.3) is 5.91 Å². The van der Waals surface area contributed by atoms with Gasteiger partial charge in [0.2, 0.25) is 0 Å². The van der Waals surface area contributed by atoms with Crippen LogP contribution in [0, 0.1) is 5.92 Å². The number of rotatable bonds is 1. The molecule has 0 radical (unpaired) electrons. The van der Waals surface area contributed by atoms with Crippen LogP contribution in [0.5, 0.6) is 0 Å². The molecule has 1 saturated heterocycles. The molecule has 2 atom stereocenters. The number of pyridine rings is 1. The van der Waals surface area contributed by atoms with Crippen molar-refractivity contribution in [1.82, 2.24) is 9.88 Å². The molecule has 1 aliphatic heterocycles. The normalized spacial score (nSPS) is 27.9. The van der Waals surface area contributed by atoms with Gasteiger partial charge >= 0.3 is 0 Å². The van der Waals surface area contributed by atoms with Crippen LogP contribution in [-0.4, -0.2) is 28.4 Å². The second-order valence-electron chi connectivity index (χ2n) is 5.11. The average molecular weight is 230 g/mol. The summed E-state index contributed by atoms with van der Waals surface area (Å²) in [5.74, 6) is 0.872. The Morgan fingerprint density at radius 1 is 1.24 bits per heavy atom. The monoisotopic (exact) mass is 230 g/mol. The molecule has 17 heavy (non-hydrogen) atoms. The van der Waals surface area contributed by atoms with Gasteiger partial charge in [-0.15, -0.1) is 0 Å². The molecule has 1 saturated carbocycles. The fourth-order valence-electron chi connectivity index (χ4n) is 3.29. The highest BCUT2D eigenvalue weighted by Gasteiger charge is 2.38. The number of amides is 1. The summed E-state index contributed by atoms with van der Waals surface area (Å²) in [5.41, 5.74) is 0.596. The lowest BCUT2D eigenvalue weighted by molar-refractivity contribution is 0.0684. The van der Waals surface area contributed by atoms with Crippen LogP contribution in [0.15, 0.2) is 24.4 Å². The maximum Gasteiger partial charge on any atom is 0.272 e. The van der Waals surface area contributed by atoms with E-state index < -0.39 is 0 Å². The highest BCUT2D eigenvalue weighted by molar-refractivity contribution is 5.92. The lowest BCUT2D eigenvalue weighted by Gasteiger charge is -2.31. The topological polar surface area (TPSA) is 33.2 Å². The third-order valence-corrected chi connectivity index (χ3v) is 4.15. The minimum Gasteiger partial charge on any atom is -0.334 e. The first-order valence-corrected chi connectivity index (χ1v) is 6.58. The average Bonchev–Trinajstić information content (AvgIpc) is 2.83. The first-order valence-electron chi connectivity index (χ1n) is 6.58. The number of aromatic nitrogens is 1. The van der Waals surface area contributed by atoms with Crippen LogP contribution in [0.3, 0.4) is 0 Å². The summed E-state index contributed by atoms with van der Waals surface area (Å²) in [7, 11) is 0. The van der Waals surface area contributed by atoms with Crippen LogP contribution in [-0.2, 0) is 0 Å². The van der Waals surface area contributed by atoms with E-state index in [9.17, 15) is 4.79 Å². The number of fused-ring (bicyclic) bond motifs is 1. The second kappa shape index (κ2) is 4.47. The van der Waals surface area contributed by atoms with E-state index in [4.69, 9.17) is 0 Å². The van der Waals surface area contributed by atoms with Gasteiger partial charge in [0, 0.05) is 18.8 Å². The Balaban J connectivity index is 1.79. The Hall–Kier alpha value is -1.38. The molecule has 1 aliphatic carbocycles. The van der Waals surface area contributed by atoms with E-state index in [1.807, 2.05) is 18.2 Å². The van der Waals surface area contributed by atoms with Crippen molar-refractivity contribution in [2.75, 3.05) is 6.54 Å². The molecule has 2 aliphatic rings. The third-order valence-electron chi connectivity index (χ3n) is 4.15. The molecule has 1 aromatic rings. The van der Waals surface area contributed by atoms with Gasteiger partial charge in [0.1, 0.15) is 5.69 Å². The Morgan fingerprint density at radius 3 is 2.94 bits per heavy atom. The summed E-state index contributed by atoms with van der Waals surface area (Å²) >= 11 is 0. The zero-order valence-corrected chi connectivity index (χ0v) is 10.0. The Kier molecular flexibility index (Phi) is 2.83. The Bertz CT molecular complexity index is 404. The summed E-state index contributed by atoms with van der Waals surface area (Å²) < 4.78 is 0. The molecule has 1 aromatic heterocycles. The number of hydrogen-bond donors (Lipinski definition) is 0. The maximum atomic E-state index is 12.4. The van der Waals surface area contributed by atoms with E-state index in [1.165, 1.54) is 32.1 Å². The van der Waals surface area contributed by atoms with E-state index >= 15 is 0 Å². The van der Waals surface area contributed by atoms with Crippen molar-refractivity contribution in [1.29, 1.82) is 0 Å². The molecule has 1 amide bonds. The van der Waals surface area contributed by atoms with Crippen LogP contribution < -0.4 is 0 Å². The number of hydrogen-bond acceptors (Lipinski definition) is 2. The van der Waals surface area contributed by atoms with Crippen LogP contribution >= 0.6 is 0 Å². The Labute approximate surface area is 102 Å². The summed E-state index contributed by atoms with van der Waals surface area (Å²) in [6.45, 7) is 0.921. The highest BCUT2D eigenvalue weighted by atomic mass is 16.2. The quantitative estimate of drug-likeness (QED) is 0.742. The molecule has 0 N–H and O–H groups in total. The molecular formula is C14H18N2O. The van der Waals surface area contributed by atoms with Gasteiger partial charge in [0.15, 0.2) is 0 Å². The standard InChI is InChI=1S/C14H18N2O/c17-14(12-6-3-4-9-15-12)16-10-8-11-5-1-2-7-13(11)16/h3-4,6,9,11,13H,1-2,5,7-8,10H2. The van der Waals surface area contributed by atoms with E-state index in [1.54, 1.807) is 6.20 Å². The highest BCUT2D eigenvalue weighted by Crippen LogP contribution is 2.36. The molecule has 3 nitrogen and oxygen atoms in total. The summed E-state index contributed by atoms with van der Waals surface area (Å²) in [6, 6.07) is 6.04. The zero-order chi connectivity index (χ0) is 11.7. The Morgan fingerprint density at radius 2 is 2.12 bits per heavy atom. The van der Waals surface area contributed by atoms with Gasteiger partial charge < -0.3 is 4.90 Å². The van der Waals surface area contributed by atoms with Gasteiger partial charge in [-0.05, 0) is 37.3 Å². The maximum absolute atomic E-state index is 12.4. The minimum atomic E-state index is 0.125. The molecule has 3 rings (SSSR count). The van der Waals surface area contributed by atoms with E-state index in [0.29, 0.717) is 11.7 Å². The van der Waals surface area contributed by atoms with Crippen molar-refractivity contribution in [2.24, 2.45) is 5.92 Å². The summed E-state index contributed by atoms with van der Waals surface area (Å²) in [6.07, 6.45) is 7.98. The molecule has 2 fully saturated rings. The predicted molar refractivity (Wildman–Crippen MR) is 65.6 cm³/mol. The molecule has 90 valence electrons. The largest absolute Gasteiger partial charge is 0.334 e. The van der Waals surface area contributed by atoms with E-state index in [-0.39, 0.29) is 5.91 Å². The number of likely N-dealkylation sites (tertiary alicyclic amines) is 1. The second-order valence-corrected chi connectivity index (χ2v) is 5.11. The summed E-state index contributed by atoms with van der Waals surface area (Å²) in [5, 5.41) is 0. The van der Waals surface area contributed by atoms with Crippen LogP contribution in [0.1, 0.15) is 42.6 Å². The lowest BCUT2D eigenvalue weighted by atomic mass is 9.85. The van der Waals surface area contributed by atoms with Crippen molar-refractivity contribution in [3.8, 4) is 0 Å². The molecule has 0 spiro atoms. The molecular weight excluding hydrogens is 212 g/mol. The van der Waals surface area contributed by atoms with Gasteiger partial charge in [-0.1, -0.05) is 18.9 Å². The SMILES string of the molecule is O=C(c1ccccn1)N1CCC2CCCCC21. The van der Waals surface area contributed by atoms with Crippen LogP contribution in [0.4, 0.5) is 0 Å². The molecule has 0 bridgehead atoms. The smallest absolute Gasteiger partial charge is 0.272 e. The zero-order valence-electron chi connectivity index (χ0n) is 10.0. The van der Waals surface area contributed by atoms with E-state index in [2.05, 4.69) is 9.88 Å². The van der Waals surface area contributed by atoms with Crippen molar-refractivity contribution in [3.63, 3.8) is 0 Å². The van der Waals surface area contributed by atoms with Crippen LogP contribution in [0.25, 0.3) is 0 Å². The number of carbonyl (C=O) groups is 1. The van der Waals surface area contributed by atoms with Gasteiger partial charge in [0.05, 0.1) is 0 Å². The van der Waals surface area contributed by atoms with Crippen molar-refractivity contribution < 1.29 is 4.79 Å². The van der Waals surface area contributed by atoms with Crippen molar-refractivity contribution in [2.45, 2.75) is 38.1 Å². The third kappa shape index (κ3) is 1.94. The first-order chi connectivity index (χ1) is 8.36. The van der Waals surface area contributed by atoms with Crippen molar-refractivity contribution >= 4 is 5.91 Å². The van der Waals surface area contributed by atoms with E-state index in [0.717, 1.165) is 12.5 Å². The number of nitrogens with zero attached hydrogens (tertiary/aromatic N) is 2. The van der Waals surface area contributed by atoms with Crippen molar-refractivity contribution in [3.05, 3.63) is 30.1 Å². The fraction of sp³-hybridized carbons (Fsp3) is 0.571. The predicted octanol–water partition coefficient (Wildman–Crippen LogP) is 2.49. The molecule has 2 heterocycles. The van der Waals surface area contributed by atoms with Gasteiger partial charge in [-0.2, -0.15) is 0 Å². The fourth-order valence-corrected chi connectivity index (χ4v) is 3.29. The number of carbonyl (C=O) groups excluding carboxylic acids is 1. The summed E-state index contributed by atoms with van der Waals surface area (Å²) in [4.78, 5) is 18.6. The first kappa shape index (κ1) is 10.8. The van der Waals surface area contributed by atoms with Gasteiger partial charge in [-0.25, -0.2) is 0 Å². The lowest BCUT2D eigenvalue weighted by Crippen LogP contribution is -2.39.